The Morgan fingerprint density at radius 1 is 1.33 bits per heavy atom. The van der Waals surface area contributed by atoms with E-state index in [0.717, 1.165) is 31.3 Å². The number of hydrogen-bond acceptors (Lipinski definition) is 3. The summed E-state index contributed by atoms with van der Waals surface area (Å²) >= 11 is 0. The molecule has 1 aromatic heterocycles. The van der Waals surface area contributed by atoms with Crippen molar-refractivity contribution in [2.24, 2.45) is 5.92 Å². The van der Waals surface area contributed by atoms with Crippen LogP contribution in [0.2, 0.25) is 0 Å². The van der Waals surface area contributed by atoms with Gasteiger partial charge in [0.15, 0.2) is 0 Å². The fourth-order valence-electron chi connectivity index (χ4n) is 2.17. The van der Waals surface area contributed by atoms with Crippen molar-refractivity contribution in [3.05, 3.63) is 23.7 Å². The van der Waals surface area contributed by atoms with Crippen molar-refractivity contribution in [2.75, 3.05) is 13.6 Å². The van der Waals surface area contributed by atoms with Crippen LogP contribution in [0.4, 0.5) is 0 Å². The van der Waals surface area contributed by atoms with Crippen LogP contribution in [0.3, 0.4) is 0 Å². The van der Waals surface area contributed by atoms with E-state index < -0.39 is 0 Å². The molecule has 3 heteroatoms. The van der Waals surface area contributed by atoms with Gasteiger partial charge in [0.1, 0.15) is 5.76 Å². The minimum absolute atomic E-state index is 0.585. The summed E-state index contributed by atoms with van der Waals surface area (Å²) in [5, 5.41) is 3.35. The molecule has 3 nitrogen and oxygen atoms in total. The van der Waals surface area contributed by atoms with E-state index in [9.17, 15) is 0 Å². The quantitative estimate of drug-likeness (QED) is 0.770. The van der Waals surface area contributed by atoms with Gasteiger partial charge in [-0.1, -0.05) is 20.8 Å². The zero-order valence-corrected chi connectivity index (χ0v) is 12.5. The first-order chi connectivity index (χ1) is 8.54. The van der Waals surface area contributed by atoms with Gasteiger partial charge in [-0.05, 0) is 38.9 Å². The van der Waals surface area contributed by atoms with E-state index in [1.54, 1.807) is 6.26 Å². The molecule has 104 valence electrons. The molecule has 0 aromatic carbocycles. The lowest BCUT2D eigenvalue weighted by Gasteiger charge is -2.25. The molecule has 18 heavy (non-hydrogen) atoms. The molecule has 0 radical (unpaired) electrons. The van der Waals surface area contributed by atoms with E-state index in [4.69, 9.17) is 4.42 Å². The van der Waals surface area contributed by atoms with Gasteiger partial charge in [-0.25, -0.2) is 0 Å². The summed E-state index contributed by atoms with van der Waals surface area (Å²) in [5.74, 6) is 1.83. The number of hydrogen-bond donors (Lipinski definition) is 1. The van der Waals surface area contributed by atoms with Gasteiger partial charge < -0.3 is 9.73 Å². The second-order valence-corrected chi connectivity index (χ2v) is 5.54. The van der Waals surface area contributed by atoms with Crippen molar-refractivity contribution in [3.63, 3.8) is 0 Å². The lowest BCUT2D eigenvalue weighted by atomic mass is 10.0. The molecule has 0 saturated heterocycles. The summed E-state index contributed by atoms with van der Waals surface area (Å²) < 4.78 is 5.61. The average molecular weight is 252 g/mol. The monoisotopic (exact) mass is 252 g/mol. The Labute approximate surface area is 112 Å². The Bertz CT molecular complexity index is 333. The Morgan fingerprint density at radius 3 is 2.67 bits per heavy atom. The second-order valence-electron chi connectivity index (χ2n) is 5.54. The molecule has 0 saturated carbocycles. The molecular weight excluding hydrogens is 224 g/mol. The van der Waals surface area contributed by atoms with Gasteiger partial charge in [0.25, 0.3) is 0 Å². The predicted octanol–water partition coefficient (Wildman–Crippen LogP) is 3.26. The van der Waals surface area contributed by atoms with Crippen LogP contribution in [-0.2, 0) is 13.1 Å². The van der Waals surface area contributed by atoms with E-state index in [1.165, 1.54) is 12.0 Å². The number of furan rings is 1. The van der Waals surface area contributed by atoms with Crippen LogP contribution in [0, 0.1) is 5.92 Å². The molecule has 1 heterocycles. The van der Waals surface area contributed by atoms with Crippen LogP contribution in [0.1, 0.15) is 45.4 Å². The highest BCUT2D eigenvalue weighted by atomic mass is 16.3. The minimum atomic E-state index is 0.585. The van der Waals surface area contributed by atoms with Gasteiger partial charge >= 0.3 is 0 Å². The van der Waals surface area contributed by atoms with Crippen LogP contribution in [0.5, 0.6) is 0 Å². The Hall–Kier alpha value is -0.800. The molecule has 0 aliphatic heterocycles. The van der Waals surface area contributed by atoms with Crippen molar-refractivity contribution in [1.29, 1.82) is 0 Å². The summed E-state index contributed by atoms with van der Waals surface area (Å²) in [6, 6.07) is 2.65. The molecule has 1 atom stereocenters. The normalized spacial score (nSPS) is 13.5. The van der Waals surface area contributed by atoms with Gasteiger partial charge in [-0.15, -0.1) is 0 Å². The zero-order chi connectivity index (χ0) is 13.5. The molecule has 0 spiro atoms. The van der Waals surface area contributed by atoms with E-state index in [2.05, 4.69) is 51.0 Å². The van der Waals surface area contributed by atoms with E-state index in [0.29, 0.717) is 6.04 Å². The molecule has 1 unspecified atom stereocenters. The number of rotatable bonds is 8. The first-order valence-corrected chi connectivity index (χ1v) is 7.00. The average Bonchev–Trinajstić information content (AvgIpc) is 2.72. The lowest BCUT2D eigenvalue weighted by Crippen LogP contribution is -2.30. The molecule has 0 aliphatic rings. The van der Waals surface area contributed by atoms with Crippen molar-refractivity contribution in [1.82, 2.24) is 10.2 Å². The minimum Gasteiger partial charge on any atom is -0.468 e. The highest BCUT2D eigenvalue weighted by Gasteiger charge is 2.14. The van der Waals surface area contributed by atoms with Gasteiger partial charge in [0.2, 0.25) is 0 Å². The van der Waals surface area contributed by atoms with Crippen LogP contribution in [0.15, 0.2) is 16.7 Å². The molecule has 0 amide bonds. The summed E-state index contributed by atoms with van der Waals surface area (Å²) in [4.78, 5) is 2.37. The maximum atomic E-state index is 5.61. The lowest BCUT2D eigenvalue weighted by molar-refractivity contribution is 0.204. The first-order valence-electron chi connectivity index (χ1n) is 7.00. The Morgan fingerprint density at radius 2 is 2.06 bits per heavy atom. The van der Waals surface area contributed by atoms with Crippen molar-refractivity contribution >= 4 is 0 Å². The molecule has 1 aromatic rings. The smallest absolute Gasteiger partial charge is 0.122 e. The zero-order valence-electron chi connectivity index (χ0n) is 12.5. The maximum absolute atomic E-state index is 5.61. The standard InChI is InChI=1S/C15H28N2O/c1-6-16-10-14-7-8-18-15(14)11-17(5)13(4)9-12(2)3/h7-8,12-13,16H,6,9-11H2,1-5H3. The van der Waals surface area contributed by atoms with Gasteiger partial charge in [-0.2, -0.15) is 0 Å². The number of nitrogens with zero attached hydrogens (tertiary/aromatic N) is 1. The summed E-state index contributed by atoms with van der Waals surface area (Å²) in [5.41, 5.74) is 1.28. The fourth-order valence-corrected chi connectivity index (χ4v) is 2.17. The second kappa shape index (κ2) is 7.59. The first kappa shape index (κ1) is 15.3. The van der Waals surface area contributed by atoms with Crippen molar-refractivity contribution < 1.29 is 4.42 Å². The summed E-state index contributed by atoms with van der Waals surface area (Å²) in [6.07, 6.45) is 3.02. The SMILES string of the molecule is CCNCc1ccoc1CN(C)C(C)CC(C)C. The topological polar surface area (TPSA) is 28.4 Å². The molecule has 1 N–H and O–H groups in total. The molecular formula is C15H28N2O. The van der Waals surface area contributed by atoms with Crippen LogP contribution >= 0.6 is 0 Å². The molecule has 0 fully saturated rings. The van der Waals surface area contributed by atoms with Crippen molar-refractivity contribution in [2.45, 2.75) is 53.2 Å². The third-order valence-electron chi connectivity index (χ3n) is 3.36. The largest absolute Gasteiger partial charge is 0.468 e. The third-order valence-corrected chi connectivity index (χ3v) is 3.36. The molecule has 0 aliphatic carbocycles. The summed E-state index contributed by atoms with van der Waals surface area (Å²) in [7, 11) is 2.17. The van der Waals surface area contributed by atoms with Crippen LogP contribution < -0.4 is 5.32 Å². The van der Waals surface area contributed by atoms with Crippen molar-refractivity contribution in [3.8, 4) is 0 Å². The van der Waals surface area contributed by atoms with E-state index in [1.807, 2.05) is 0 Å². The summed E-state index contributed by atoms with van der Waals surface area (Å²) in [6.45, 7) is 11.7. The van der Waals surface area contributed by atoms with E-state index in [-0.39, 0.29) is 0 Å². The van der Waals surface area contributed by atoms with Gasteiger partial charge in [0.05, 0.1) is 12.8 Å². The number of nitrogens with one attached hydrogen (secondary N) is 1. The van der Waals surface area contributed by atoms with Gasteiger partial charge in [0, 0.05) is 18.2 Å². The highest BCUT2D eigenvalue weighted by molar-refractivity contribution is 5.16. The van der Waals surface area contributed by atoms with Crippen LogP contribution in [-0.4, -0.2) is 24.5 Å². The fraction of sp³-hybridized carbons (Fsp3) is 0.733. The molecule has 1 rings (SSSR count). The highest BCUT2D eigenvalue weighted by Crippen LogP contribution is 2.16. The molecule has 0 bridgehead atoms. The van der Waals surface area contributed by atoms with Crippen LogP contribution in [0.25, 0.3) is 0 Å². The predicted molar refractivity (Wildman–Crippen MR) is 76.5 cm³/mol. The third kappa shape index (κ3) is 4.83. The Balaban J connectivity index is 2.53. The van der Waals surface area contributed by atoms with E-state index >= 15 is 0 Å². The Kier molecular flexibility index (Phi) is 6.44. The van der Waals surface area contributed by atoms with Gasteiger partial charge in [-0.3, -0.25) is 4.90 Å². The maximum Gasteiger partial charge on any atom is 0.122 e.